The number of carbonyl (C=O) groups excluding carboxylic acids is 1. The maximum atomic E-state index is 14.5. The molecule has 0 bridgehead atoms. The van der Waals surface area contributed by atoms with Gasteiger partial charge in [-0.25, -0.2) is 24.9 Å². The third kappa shape index (κ3) is 4.20. The summed E-state index contributed by atoms with van der Waals surface area (Å²) in [5.74, 6) is 1.15. The zero-order valence-corrected chi connectivity index (χ0v) is 18.6. The molecular weight excluding hydrogens is 423 g/mol. The van der Waals surface area contributed by atoms with Crippen molar-refractivity contribution in [1.29, 1.82) is 0 Å². The summed E-state index contributed by atoms with van der Waals surface area (Å²) in [4.78, 5) is 39.4. The van der Waals surface area contributed by atoms with Crippen LogP contribution in [0, 0.1) is 5.95 Å². The second-order valence-electron chi connectivity index (χ2n) is 8.29. The number of fused-ring (bicyclic) bond motifs is 1. The van der Waals surface area contributed by atoms with Crippen LogP contribution in [0.2, 0.25) is 0 Å². The Balaban J connectivity index is 1.38. The van der Waals surface area contributed by atoms with Gasteiger partial charge >= 0.3 is 0 Å². The van der Waals surface area contributed by atoms with Crippen molar-refractivity contribution in [2.24, 2.45) is 0 Å². The molecule has 1 atom stereocenters. The smallest absolute Gasteiger partial charge is 0.219 e. The first kappa shape index (κ1) is 21.2. The van der Waals surface area contributed by atoms with Crippen LogP contribution in [0.1, 0.15) is 31.1 Å². The topological polar surface area (TPSA) is 91.2 Å². The minimum absolute atomic E-state index is 0.0591. The second kappa shape index (κ2) is 8.68. The van der Waals surface area contributed by atoms with Gasteiger partial charge in [0.05, 0.1) is 11.7 Å². The second-order valence-corrected chi connectivity index (χ2v) is 8.29. The van der Waals surface area contributed by atoms with E-state index in [1.807, 2.05) is 17.2 Å². The summed E-state index contributed by atoms with van der Waals surface area (Å²) < 4.78 is 14.5. The summed E-state index contributed by atoms with van der Waals surface area (Å²) in [6.45, 7) is 6.89. The molecule has 9 nitrogen and oxygen atoms in total. The van der Waals surface area contributed by atoms with E-state index in [9.17, 15) is 9.18 Å². The summed E-state index contributed by atoms with van der Waals surface area (Å²) in [5, 5.41) is 0. The molecule has 1 unspecified atom stereocenters. The first-order chi connectivity index (χ1) is 16.0. The number of amides is 1. The fourth-order valence-electron chi connectivity index (χ4n) is 4.48. The molecule has 0 spiro atoms. The minimum atomic E-state index is -0.512. The number of aromatic nitrogens is 5. The molecule has 1 amide bonds. The lowest BCUT2D eigenvalue weighted by Gasteiger charge is -2.38. The van der Waals surface area contributed by atoms with E-state index in [1.54, 1.807) is 25.4 Å². The lowest BCUT2D eigenvalue weighted by molar-refractivity contribution is -0.129. The van der Waals surface area contributed by atoms with E-state index in [-0.39, 0.29) is 11.9 Å². The first-order valence-electron chi connectivity index (χ1n) is 11.1. The van der Waals surface area contributed by atoms with Gasteiger partial charge in [-0.05, 0) is 13.0 Å². The number of hydrogen-bond donors (Lipinski definition) is 0. The maximum absolute atomic E-state index is 14.5. The summed E-state index contributed by atoms with van der Waals surface area (Å²) in [5.41, 5.74) is 2.73. The van der Waals surface area contributed by atoms with Gasteiger partial charge in [-0.3, -0.25) is 4.79 Å². The van der Waals surface area contributed by atoms with Crippen LogP contribution in [0.15, 0.2) is 36.8 Å². The molecule has 10 heteroatoms. The van der Waals surface area contributed by atoms with Crippen LogP contribution in [-0.4, -0.2) is 68.5 Å². The highest BCUT2D eigenvalue weighted by Crippen LogP contribution is 2.34. The van der Waals surface area contributed by atoms with Gasteiger partial charge in [0.15, 0.2) is 11.6 Å². The van der Waals surface area contributed by atoms with Crippen molar-refractivity contribution in [3.63, 3.8) is 0 Å². The van der Waals surface area contributed by atoms with E-state index in [4.69, 9.17) is 4.98 Å². The number of piperazine rings is 1. The van der Waals surface area contributed by atoms with Crippen LogP contribution in [0.4, 0.5) is 15.9 Å². The predicted molar refractivity (Wildman–Crippen MR) is 121 cm³/mol. The Morgan fingerprint density at radius 2 is 1.76 bits per heavy atom. The summed E-state index contributed by atoms with van der Waals surface area (Å²) in [7, 11) is 0. The molecule has 33 heavy (non-hydrogen) atoms. The molecule has 5 rings (SSSR count). The Bertz CT molecular complexity index is 1170. The maximum Gasteiger partial charge on any atom is 0.219 e. The van der Waals surface area contributed by atoms with Gasteiger partial charge in [-0.15, -0.1) is 0 Å². The Kier molecular flexibility index (Phi) is 5.57. The van der Waals surface area contributed by atoms with E-state index in [1.165, 1.54) is 6.07 Å². The zero-order valence-electron chi connectivity index (χ0n) is 18.6. The molecule has 1 fully saturated rings. The third-order valence-corrected chi connectivity index (χ3v) is 6.32. The first-order valence-corrected chi connectivity index (χ1v) is 11.1. The van der Waals surface area contributed by atoms with Crippen LogP contribution in [-0.2, 0) is 11.2 Å². The highest BCUT2D eigenvalue weighted by molar-refractivity contribution is 5.73. The van der Waals surface area contributed by atoms with Crippen LogP contribution < -0.4 is 9.80 Å². The molecular formula is C23H25FN8O. The standard InChI is InChI=1S/C23H25FN8O/c1-15-18-14-27-23(22-25-5-3-6-26-22)28-19(18)4-7-32(15)21-13-17(12-20(24)29-21)31-10-8-30(9-11-31)16(2)33/h3,5-6,12-15H,4,7-11H2,1-2H3. The van der Waals surface area contributed by atoms with E-state index < -0.39 is 5.95 Å². The van der Waals surface area contributed by atoms with Gasteiger partial charge in [-0.2, -0.15) is 4.39 Å². The zero-order chi connectivity index (χ0) is 22.9. The molecule has 0 saturated carbocycles. The average molecular weight is 449 g/mol. The molecule has 170 valence electrons. The van der Waals surface area contributed by atoms with Crippen molar-refractivity contribution in [2.75, 3.05) is 42.5 Å². The minimum Gasteiger partial charge on any atom is -0.368 e. The van der Waals surface area contributed by atoms with Crippen molar-refractivity contribution in [1.82, 2.24) is 29.8 Å². The number of pyridine rings is 1. The lowest BCUT2D eigenvalue weighted by Crippen LogP contribution is -2.48. The van der Waals surface area contributed by atoms with Crippen LogP contribution in [0.3, 0.4) is 0 Å². The van der Waals surface area contributed by atoms with Gasteiger partial charge in [0, 0.05) is 88.0 Å². The fourth-order valence-corrected chi connectivity index (χ4v) is 4.48. The highest BCUT2D eigenvalue weighted by Gasteiger charge is 2.28. The van der Waals surface area contributed by atoms with Crippen molar-refractivity contribution in [3.05, 3.63) is 54.0 Å². The molecule has 2 aliphatic rings. The van der Waals surface area contributed by atoms with E-state index in [0.29, 0.717) is 56.6 Å². The summed E-state index contributed by atoms with van der Waals surface area (Å²) in [6.07, 6.45) is 5.84. The highest BCUT2D eigenvalue weighted by atomic mass is 19.1. The van der Waals surface area contributed by atoms with Gasteiger partial charge in [0.2, 0.25) is 11.9 Å². The molecule has 0 radical (unpaired) electrons. The van der Waals surface area contributed by atoms with E-state index in [0.717, 1.165) is 16.9 Å². The Morgan fingerprint density at radius 3 is 2.48 bits per heavy atom. The molecule has 2 aliphatic heterocycles. The van der Waals surface area contributed by atoms with Gasteiger partial charge in [0.1, 0.15) is 5.82 Å². The Labute approximate surface area is 191 Å². The largest absolute Gasteiger partial charge is 0.368 e. The number of anilines is 2. The molecule has 3 aromatic rings. The number of halogens is 1. The Hall–Kier alpha value is -3.69. The lowest BCUT2D eigenvalue weighted by atomic mass is 9.99. The third-order valence-electron chi connectivity index (χ3n) is 6.32. The summed E-state index contributed by atoms with van der Waals surface area (Å²) >= 11 is 0. The van der Waals surface area contributed by atoms with Gasteiger partial charge in [0.25, 0.3) is 0 Å². The predicted octanol–water partition coefficient (Wildman–Crippen LogP) is 2.26. The molecule has 0 aromatic carbocycles. The quantitative estimate of drug-likeness (QED) is 0.564. The number of nitrogens with zero attached hydrogens (tertiary/aromatic N) is 8. The number of hydrogen-bond acceptors (Lipinski definition) is 8. The van der Waals surface area contributed by atoms with Crippen LogP contribution >= 0.6 is 0 Å². The average Bonchev–Trinajstić information content (AvgIpc) is 2.84. The SMILES string of the molecule is CC(=O)N1CCN(c2cc(F)nc(N3CCc4nc(-c5ncccn5)ncc4C3C)c2)CC1. The van der Waals surface area contributed by atoms with Crippen molar-refractivity contribution < 1.29 is 9.18 Å². The molecule has 3 aromatic heterocycles. The van der Waals surface area contributed by atoms with E-state index >= 15 is 0 Å². The van der Waals surface area contributed by atoms with Crippen LogP contribution in [0.5, 0.6) is 0 Å². The molecule has 1 saturated heterocycles. The summed E-state index contributed by atoms with van der Waals surface area (Å²) in [6, 6.07) is 5.09. The molecule has 0 N–H and O–H groups in total. The molecule has 0 aliphatic carbocycles. The van der Waals surface area contributed by atoms with E-state index in [2.05, 4.69) is 36.7 Å². The fraction of sp³-hybridized carbons (Fsp3) is 0.391. The monoisotopic (exact) mass is 448 g/mol. The van der Waals surface area contributed by atoms with Gasteiger partial charge < -0.3 is 14.7 Å². The van der Waals surface area contributed by atoms with Crippen LogP contribution in [0.25, 0.3) is 11.6 Å². The van der Waals surface area contributed by atoms with Crippen molar-refractivity contribution in [3.8, 4) is 11.6 Å². The van der Waals surface area contributed by atoms with Gasteiger partial charge in [-0.1, -0.05) is 0 Å². The Morgan fingerprint density at radius 1 is 1.00 bits per heavy atom. The molecule has 5 heterocycles. The van der Waals surface area contributed by atoms with Crippen molar-refractivity contribution in [2.45, 2.75) is 26.3 Å². The normalized spacial score (nSPS) is 18.3. The number of carbonyl (C=O) groups is 1. The number of rotatable bonds is 3. The van der Waals surface area contributed by atoms with Crippen molar-refractivity contribution >= 4 is 17.4 Å².